The van der Waals surface area contributed by atoms with E-state index in [9.17, 15) is 13.6 Å². The molecule has 0 saturated carbocycles. The van der Waals surface area contributed by atoms with E-state index >= 15 is 0 Å². The Morgan fingerprint density at radius 2 is 1.18 bits per heavy atom. The van der Waals surface area contributed by atoms with Gasteiger partial charge in [0.05, 0.1) is 11.0 Å². The fraction of sp³-hybridized carbons (Fsp3) is 0.406. The molecule has 1 aliphatic heterocycles. The van der Waals surface area contributed by atoms with Gasteiger partial charge in [-0.1, -0.05) is 36.4 Å². The average Bonchev–Trinajstić information content (AvgIpc) is 3.22. The van der Waals surface area contributed by atoms with Crippen molar-refractivity contribution in [3.8, 4) is 0 Å². The number of halogens is 2. The molecule has 0 spiro atoms. The van der Waals surface area contributed by atoms with Crippen LogP contribution in [-0.2, 0) is 19.4 Å². The second-order valence-corrected chi connectivity index (χ2v) is 10.5. The van der Waals surface area contributed by atoms with Crippen molar-refractivity contribution >= 4 is 11.0 Å². The Bertz CT molecular complexity index is 1370. The van der Waals surface area contributed by atoms with E-state index < -0.39 is 0 Å². The third-order valence-corrected chi connectivity index (χ3v) is 7.90. The molecule has 38 heavy (non-hydrogen) atoms. The van der Waals surface area contributed by atoms with Crippen molar-refractivity contribution in [2.24, 2.45) is 0 Å². The van der Waals surface area contributed by atoms with E-state index in [2.05, 4.69) is 17.0 Å². The Morgan fingerprint density at radius 3 is 1.76 bits per heavy atom. The van der Waals surface area contributed by atoms with E-state index in [1.54, 1.807) is 0 Å². The lowest BCUT2D eigenvalue weighted by atomic mass is 10.0. The first-order valence-corrected chi connectivity index (χ1v) is 14.0. The van der Waals surface area contributed by atoms with Gasteiger partial charge in [0.15, 0.2) is 0 Å². The van der Waals surface area contributed by atoms with Crippen LogP contribution in [0.3, 0.4) is 0 Å². The van der Waals surface area contributed by atoms with Gasteiger partial charge in [0.2, 0.25) is 0 Å². The predicted molar refractivity (Wildman–Crippen MR) is 150 cm³/mol. The van der Waals surface area contributed by atoms with Crippen LogP contribution < -0.4 is 5.69 Å². The number of para-hydroxylation sites is 2. The number of hydrogen-bond donors (Lipinski definition) is 0. The van der Waals surface area contributed by atoms with Gasteiger partial charge in [-0.2, -0.15) is 0 Å². The van der Waals surface area contributed by atoms with Crippen molar-refractivity contribution in [1.82, 2.24) is 14.0 Å². The maximum absolute atomic E-state index is 13.6. The summed E-state index contributed by atoms with van der Waals surface area (Å²) in [6.07, 6.45) is 7.91. The molecule has 200 valence electrons. The second kappa shape index (κ2) is 12.5. The van der Waals surface area contributed by atoms with Crippen molar-refractivity contribution in [2.45, 2.75) is 64.0 Å². The fourth-order valence-corrected chi connectivity index (χ4v) is 5.77. The summed E-state index contributed by atoms with van der Waals surface area (Å²) in [5.74, 6) is -0.387. The molecule has 1 fully saturated rings. The summed E-state index contributed by atoms with van der Waals surface area (Å²) >= 11 is 0. The molecule has 5 rings (SSSR count). The summed E-state index contributed by atoms with van der Waals surface area (Å²) in [5.41, 5.74) is 4.47. The van der Waals surface area contributed by atoms with Gasteiger partial charge < -0.3 is 4.90 Å². The van der Waals surface area contributed by atoms with Gasteiger partial charge in [0.25, 0.3) is 0 Å². The van der Waals surface area contributed by atoms with E-state index in [1.165, 1.54) is 29.8 Å². The zero-order valence-electron chi connectivity index (χ0n) is 22.0. The van der Waals surface area contributed by atoms with Crippen molar-refractivity contribution in [3.63, 3.8) is 0 Å². The molecule has 3 aromatic carbocycles. The molecular formula is C32H37F2N3O. The number of fused-ring (bicyclic) bond motifs is 1. The van der Waals surface area contributed by atoms with Crippen LogP contribution in [0.4, 0.5) is 8.78 Å². The summed E-state index contributed by atoms with van der Waals surface area (Å²) in [6.45, 7) is 3.77. The molecule has 1 aromatic heterocycles. The normalized spacial score (nSPS) is 14.9. The first-order valence-electron chi connectivity index (χ1n) is 14.0. The third-order valence-electron chi connectivity index (χ3n) is 7.90. The van der Waals surface area contributed by atoms with Crippen molar-refractivity contribution in [1.29, 1.82) is 0 Å². The van der Waals surface area contributed by atoms with E-state index in [4.69, 9.17) is 0 Å². The summed E-state index contributed by atoms with van der Waals surface area (Å²) in [5, 5.41) is 0. The van der Waals surface area contributed by atoms with Crippen LogP contribution in [0.5, 0.6) is 0 Å². The monoisotopic (exact) mass is 517 g/mol. The number of aromatic nitrogens is 2. The van der Waals surface area contributed by atoms with Crippen LogP contribution >= 0.6 is 0 Å². The molecule has 1 aliphatic rings. The molecule has 0 N–H and O–H groups in total. The highest BCUT2D eigenvalue weighted by molar-refractivity contribution is 5.76. The molecule has 6 heteroatoms. The van der Waals surface area contributed by atoms with E-state index in [1.807, 2.05) is 45.5 Å². The Labute approximate surface area is 223 Å². The van der Waals surface area contributed by atoms with Gasteiger partial charge >= 0.3 is 5.69 Å². The van der Waals surface area contributed by atoms with Gasteiger partial charge in [-0.05, 0) is 105 Å². The molecular weight excluding hydrogens is 480 g/mol. The molecule has 2 heterocycles. The molecule has 0 unspecified atom stereocenters. The van der Waals surface area contributed by atoms with Crippen molar-refractivity contribution in [2.75, 3.05) is 19.6 Å². The van der Waals surface area contributed by atoms with E-state index in [0.29, 0.717) is 6.54 Å². The summed E-state index contributed by atoms with van der Waals surface area (Å²) in [4.78, 5) is 16.1. The summed E-state index contributed by atoms with van der Waals surface area (Å²) in [6, 6.07) is 21.9. The first-order chi connectivity index (χ1) is 18.6. The van der Waals surface area contributed by atoms with Crippen LogP contribution in [0.1, 0.15) is 55.7 Å². The average molecular weight is 518 g/mol. The highest BCUT2D eigenvalue weighted by Gasteiger charge is 2.25. The lowest BCUT2D eigenvalue weighted by molar-refractivity contribution is 0.183. The minimum atomic E-state index is -0.208. The number of unbranched alkanes of at least 4 members (excludes halogenated alkanes) is 2. The molecule has 0 radical (unpaired) electrons. The van der Waals surface area contributed by atoms with Crippen LogP contribution in [0.2, 0.25) is 0 Å². The number of piperidine rings is 1. The summed E-state index contributed by atoms with van der Waals surface area (Å²) < 4.78 is 30.2. The summed E-state index contributed by atoms with van der Waals surface area (Å²) in [7, 11) is 0. The van der Waals surface area contributed by atoms with Crippen molar-refractivity contribution < 1.29 is 8.78 Å². The zero-order chi connectivity index (χ0) is 26.3. The van der Waals surface area contributed by atoms with Crippen LogP contribution in [-0.4, -0.2) is 33.7 Å². The number of imidazole rings is 1. The van der Waals surface area contributed by atoms with Gasteiger partial charge in [-0.3, -0.25) is 9.13 Å². The Morgan fingerprint density at radius 1 is 0.658 bits per heavy atom. The maximum atomic E-state index is 13.6. The van der Waals surface area contributed by atoms with Gasteiger partial charge in [-0.15, -0.1) is 0 Å². The van der Waals surface area contributed by atoms with Gasteiger partial charge in [0.1, 0.15) is 11.6 Å². The highest BCUT2D eigenvalue weighted by Crippen LogP contribution is 2.26. The fourth-order valence-electron chi connectivity index (χ4n) is 5.77. The van der Waals surface area contributed by atoms with Crippen molar-refractivity contribution in [3.05, 3.63) is 106 Å². The van der Waals surface area contributed by atoms with Crippen LogP contribution in [0, 0.1) is 11.6 Å². The second-order valence-electron chi connectivity index (χ2n) is 10.5. The molecule has 4 aromatic rings. The smallest absolute Gasteiger partial charge is 0.303 e. The SMILES string of the molecule is O=c1n(CCCCc2ccc(F)cc2)c2ccccc2n1C1CCN(CCCCc2ccc(F)cc2)CC1. The Hall–Kier alpha value is -3.25. The lowest BCUT2D eigenvalue weighted by Gasteiger charge is -2.32. The number of benzene rings is 3. The van der Waals surface area contributed by atoms with Gasteiger partial charge in [-0.25, -0.2) is 13.6 Å². The lowest BCUT2D eigenvalue weighted by Crippen LogP contribution is -2.38. The maximum Gasteiger partial charge on any atom is 0.329 e. The third kappa shape index (κ3) is 6.41. The van der Waals surface area contributed by atoms with Gasteiger partial charge in [0, 0.05) is 25.7 Å². The Kier molecular flexibility index (Phi) is 8.69. The Balaban J connectivity index is 1.14. The highest BCUT2D eigenvalue weighted by atomic mass is 19.1. The van der Waals surface area contributed by atoms with E-state index in [-0.39, 0.29) is 23.4 Å². The number of hydrogen-bond acceptors (Lipinski definition) is 2. The van der Waals surface area contributed by atoms with Crippen LogP contribution in [0.25, 0.3) is 11.0 Å². The standard InChI is InChI=1S/C32H37F2N3O/c33-27-15-11-25(12-16-27)7-3-5-21-35-23-19-29(20-24-35)37-31-10-2-1-9-30(31)36(32(37)38)22-6-4-8-26-13-17-28(34)18-14-26/h1-2,9-18,29H,3-8,19-24H2. The number of aryl methyl sites for hydroxylation is 3. The molecule has 0 bridgehead atoms. The zero-order valence-corrected chi connectivity index (χ0v) is 22.0. The minimum absolute atomic E-state index is 0.103. The molecule has 0 atom stereocenters. The minimum Gasteiger partial charge on any atom is -0.303 e. The van der Waals surface area contributed by atoms with Crippen LogP contribution in [0.15, 0.2) is 77.6 Å². The topological polar surface area (TPSA) is 30.2 Å². The number of nitrogens with zero attached hydrogens (tertiary/aromatic N) is 3. The largest absolute Gasteiger partial charge is 0.329 e. The molecule has 0 aliphatic carbocycles. The van der Waals surface area contributed by atoms with E-state index in [0.717, 1.165) is 87.6 Å². The molecule has 4 nitrogen and oxygen atoms in total. The predicted octanol–water partition coefficient (Wildman–Crippen LogP) is 6.76. The molecule has 0 amide bonds. The number of rotatable bonds is 11. The quantitative estimate of drug-likeness (QED) is 0.206. The first kappa shape index (κ1) is 26.4. The molecule has 1 saturated heterocycles. The number of likely N-dealkylation sites (tertiary alicyclic amines) is 1.